The number of carbonyl (C=O) groups is 1. The quantitative estimate of drug-likeness (QED) is 0.385. The van der Waals surface area contributed by atoms with Crippen LogP contribution in [-0.4, -0.2) is 64.8 Å². The number of ether oxygens (including phenoxy) is 2. The highest BCUT2D eigenvalue weighted by molar-refractivity contribution is 5.81. The second kappa shape index (κ2) is 14.4. The molecule has 12 heteroatoms. The number of amides is 1. The molecule has 0 atom stereocenters. The monoisotopic (exact) mass is 612 g/mol. The minimum Gasteiger partial charge on any atom is -0.492 e. The fourth-order valence-corrected chi connectivity index (χ4v) is 4.49. The number of aromatic nitrogens is 3. The van der Waals surface area contributed by atoms with Gasteiger partial charge in [0, 0.05) is 37.2 Å². The van der Waals surface area contributed by atoms with Gasteiger partial charge in [-0.05, 0) is 41.7 Å². The highest BCUT2D eigenvalue weighted by Gasteiger charge is 2.29. The van der Waals surface area contributed by atoms with Gasteiger partial charge in [-0.15, -0.1) is 0 Å². The predicted octanol–water partition coefficient (Wildman–Crippen LogP) is 5.62. The predicted molar refractivity (Wildman–Crippen MR) is 162 cm³/mol. The third-order valence-electron chi connectivity index (χ3n) is 6.82. The largest absolute Gasteiger partial charge is 0.492 e. The Morgan fingerprint density at radius 2 is 1.66 bits per heavy atom. The van der Waals surface area contributed by atoms with Crippen LogP contribution < -0.4 is 20.1 Å². The first-order valence-corrected chi connectivity index (χ1v) is 14.6. The summed E-state index contributed by atoms with van der Waals surface area (Å²) < 4.78 is 49.3. The summed E-state index contributed by atoms with van der Waals surface area (Å²) in [7, 11) is 0. The Morgan fingerprint density at radius 1 is 0.955 bits per heavy atom. The Morgan fingerprint density at radius 3 is 2.34 bits per heavy atom. The van der Waals surface area contributed by atoms with Gasteiger partial charge in [0.1, 0.15) is 18.2 Å². The normalized spacial score (nSPS) is 15.5. The molecule has 0 saturated carbocycles. The SMILES string of the molecule is C=C1NCCCCN(C(=O)C(C)(C)C)CCOc2ccc(cc2)CNc2nc(nc(OCC(F)(F)F)n2)Cc2ccc1cc2. The van der Waals surface area contributed by atoms with Crippen molar-refractivity contribution in [1.82, 2.24) is 25.2 Å². The molecule has 9 nitrogen and oxygen atoms in total. The number of benzene rings is 2. The van der Waals surface area contributed by atoms with Gasteiger partial charge in [0.15, 0.2) is 6.61 Å². The molecule has 2 aromatic carbocycles. The van der Waals surface area contributed by atoms with Crippen molar-refractivity contribution < 1.29 is 27.4 Å². The van der Waals surface area contributed by atoms with E-state index in [1.165, 1.54) is 0 Å². The number of hydrogen-bond acceptors (Lipinski definition) is 8. The van der Waals surface area contributed by atoms with E-state index in [1.54, 1.807) is 0 Å². The lowest BCUT2D eigenvalue weighted by Crippen LogP contribution is -2.42. The van der Waals surface area contributed by atoms with Crippen molar-refractivity contribution >= 4 is 17.6 Å². The van der Waals surface area contributed by atoms with Gasteiger partial charge >= 0.3 is 12.2 Å². The van der Waals surface area contributed by atoms with Crippen LogP contribution in [0, 0.1) is 5.41 Å². The molecule has 0 radical (unpaired) electrons. The lowest BCUT2D eigenvalue weighted by atomic mass is 9.94. The van der Waals surface area contributed by atoms with E-state index in [0.29, 0.717) is 38.5 Å². The molecule has 7 rings (SSSR count). The summed E-state index contributed by atoms with van der Waals surface area (Å²) in [6, 6.07) is 14.6. The van der Waals surface area contributed by atoms with Gasteiger partial charge in [0.05, 0.1) is 6.54 Å². The lowest BCUT2D eigenvalue weighted by molar-refractivity contribution is -0.154. The average molecular weight is 613 g/mol. The number of nitrogens with zero attached hydrogens (tertiary/aromatic N) is 4. The molecule has 0 spiro atoms. The van der Waals surface area contributed by atoms with Crippen LogP contribution in [0.25, 0.3) is 5.70 Å². The standard InChI is InChI=1S/C32H39F3N6O3/c1-22-25-11-7-23(8-12-25)19-27-38-29(40-30(39-27)44-21-32(33,34)35)37-20-24-9-13-26(14-10-24)43-18-17-41(16-6-5-15-36-22)28(42)31(2,3)4/h7-14,36H,1,5-6,15-21H2,2-4H3,(H,37,38,39,40). The van der Waals surface area contributed by atoms with Crippen LogP contribution in [0.5, 0.6) is 11.8 Å². The Bertz CT molecular complexity index is 1410. The summed E-state index contributed by atoms with van der Waals surface area (Å²) in [4.78, 5) is 27.5. The highest BCUT2D eigenvalue weighted by atomic mass is 19.4. The van der Waals surface area contributed by atoms with E-state index in [9.17, 15) is 18.0 Å². The molecular weight excluding hydrogens is 573 g/mol. The van der Waals surface area contributed by atoms with E-state index in [2.05, 4.69) is 32.2 Å². The van der Waals surface area contributed by atoms with E-state index in [1.807, 2.05) is 74.2 Å². The summed E-state index contributed by atoms with van der Waals surface area (Å²) in [6.07, 6.45) is -2.60. The fraction of sp³-hybridized carbons (Fsp3) is 0.438. The zero-order valence-electron chi connectivity index (χ0n) is 25.3. The minimum absolute atomic E-state index is 0.0786. The molecule has 1 aromatic heterocycles. The summed E-state index contributed by atoms with van der Waals surface area (Å²) >= 11 is 0. The van der Waals surface area contributed by atoms with E-state index in [0.717, 1.165) is 35.2 Å². The highest BCUT2D eigenvalue weighted by Crippen LogP contribution is 2.21. The van der Waals surface area contributed by atoms with Crippen LogP contribution in [-0.2, 0) is 17.8 Å². The molecule has 4 aliphatic heterocycles. The van der Waals surface area contributed by atoms with Crippen LogP contribution >= 0.6 is 0 Å². The number of nitrogens with one attached hydrogen (secondary N) is 2. The molecule has 6 bridgehead atoms. The molecule has 2 N–H and O–H groups in total. The molecule has 44 heavy (non-hydrogen) atoms. The van der Waals surface area contributed by atoms with Crippen LogP contribution in [0.15, 0.2) is 55.1 Å². The minimum atomic E-state index is -4.53. The molecule has 0 fully saturated rings. The van der Waals surface area contributed by atoms with Crippen LogP contribution in [0.3, 0.4) is 0 Å². The van der Waals surface area contributed by atoms with Crippen LogP contribution in [0.1, 0.15) is 56.1 Å². The molecule has 0 saturated heterocycles. The maximum absolute atomic E-state index is 13.1. The third kappa shape index (κ3) is 10.1. The van der Waals surface area contributed by atoms with Gasteiger partial charge in [0.2, 0.25) is 11.9 Å². The first-order chi connectivity index (χ1) is 20.9. The Kier molecular flexibility index (Phi) is 10.7. The third-order valence-corrected chi connectivity index (χ3v) is 6.82. The van der Waals surface area contributed by atoms with Gasteiger partial charge in [-0.1, -0.05) is 63.7 Å². The number of carbonyl (C=O) groups excluding carboxylic acids is 1. The molecular formula is C32H39F3N6O3. The van der Waals surface area contributed by atoms with E-state index >= 15 is 0 Å². The first-order valence-electron chi connectivity index (χ1n) is 14.6. The number of halogens is 3. The van der Waals surface area contributed by atoms with Crippen molar-refractivity contribution in [2.24, 2.45) is 5.41 Å². The van der Waals surface area contributed by atoms with Crippen molar-refractivity contribution in [3.63, 3.8) is 0 Å². The molecule has 4 aliphatic rings. The Hall–Kier alpha value is -4.35. The Labute approximate surface area is 255 Å². The molecule has 5 heterocycles. The van der Waals surface area contributed by atoms with Crippen molar-refractivity contribution in [3.8, 4) is 11.8 Å². The number of alkyl halides is 3. The molecule has 0 unspecified atom stereocenters. The summed E-state index contributed by atoms with van der Waals surface area (Å²) in [5, 5.41) is 6.40. The number of rotatable bonds is 2. The number of anilines is 1. The summed E-state index contributed by atoms with van der Waals surface area (Å²) in [5.74, 6) is 1.10. The summed E-state index contributed by atoms with van der Waals surface area (Å²) in [5.41, 5.74) is 2.90. The number of hydrogen-bond donors (Lipinski definition) is 2. The second-order valence-electron chi connectivity index (χ2n) is 11.6. The van der Waals surface area contributed by atoms with Gasteiger partial charge < -0.3 is 25.0 Å². The smallest absolute Gasteiger partial charge is 0.422 e. The first kappa shape index (κ1) is 32.6. The molecule has 3 aromatic rings. The maximum Gasteiger partial charge on any atom is 0.422 e. The van der Waals surface area contributed by atoms with Crippen molar-refractivity contribution in [2.45, 2.75) is 52.8 Å². The van der Waals surface area contributed by atoms with E-state index < -0.39 is 24.2 Å². The van der Waals surface area contributed by atoms with Crippen LogP contribution in [0.2, 0.25) is 0 Å². The second-order valence-corrected chi connectivity index (χ2v) is 11.6. The van der Waals surface area contributed by atoms with Gasteiger partial charge in [-0.25, -0.2) is 0 Å². The summed E-state index contributed by atoms with van der Waals surface area (Å²) in [6.45, 7) is 10.8. The van der Waals surface area contributed by atoms with Gasteiger partial charge in [0.25, 0.3) is 0 Å². The van der Waals surface area contributed by atoms with Gasteiger partial charge in [-0.3, -0.25) is 4.79 Å². The molecule has 236 valence electrons. The van der Waals surface area contributed by atoms with Gasteiger partial charge in [-0.2, -0.15) is 28.1 Å². The fourth-order valence-electron chi connectivity index (χ4n) is 4.49. The van der Waals surface area contributed by atoms with Crippen LogP contribution in [0.4, 0.5) is 19.1 Å². The zero-order chi connectivity index (χ0) is 31.7. The van der Waals surface area contributed by atoms with E-state index in [4.69, 9.17) is 9.47 Å². The van der Waals surface area contributed by atoms with E-state index in [-0.39, 0.29) is 24.1 Å². The van der Waals surface area contributed by atoms with Crippen molar-refractivity contribution in [1.29, 1.82) is 0 Å². The Balaban J connectivity index is 1.55. The van der Waals surface area contributed by atoms with Crippen molar-refractivity contribution in [3.05, 3.63) is 77.6 Å². The van der Waals surface area contributed by atoms with Crippen molar-refractivity contribution in [2.75, 3.05) is 38.2 Å². The topological polar surface area (TPSA) is 102 Å². The lowest BCUT2D eigenvalue weighted by Gasteiger charge is -2.29. The zero-order valence-corrected chi connectivity index (χ0v) is 25.3. The molecule has 0 aliphatic carbocycles. The maximum atomic E-state index is 13.1. The average Bonchev–Trinajstić information content (AvgIpc) is 2.97. The molecule has 1 amide bonds.